The monoisotopic (exact) mass is 372 g/mol. The smallest absolute Gasteiger partial charge is 0.342 e. The van der Waals surface area contributed by atoms with Crippen LogP contribution in [0.2, 0.25) is 5.02 Å². The van der Waals surface area contributed by atoms with Crippen LogP contribution in [0, 0.1) is 0 Å². The molecular formula is C21H15ClN5+. The second-order valence-electron chi connectivity index (χ2n) is 6.16. The summed E-state index contributed by atoms with van der Waals surface area (Å²) in [5.74, 6) is 0.645. The van der Waals surface area contributed by atoms with E-state index in [1.807, 2.05) is 79.0 Å². The van der Waals surface area contributed by atoms with Crippen LogP contribution >= 0.6 is 11.6 Å². The van der Waals surface area contributed by atoms with Crippen LogP contribution in [0.3, 0.4) is 0 Å². The lowest BCUT2D eigenvalue weighted by atomic mass is 10.2. The Bertz CT molecular complexity index is 1220. The van der Waals surface area contributed by atoms with Gasteiger partial charge < -0.3 is 4.98 Å². The van der Waals surface area contributed by atoms with Gasteiger partial charge in [-0.15, -0.1) is 0 Å². The molecule has 5 nitrogen and oxygen atoms in total. The van der Waals surface area contributed by atoms with E-state index in [1.54, 1.807) is 9.59 Å². The summed E-state index contributed by atoms with van der Waals surface area (Å²) in [5, 5.41) is 11.3. The second kappa shape index (κ2) is 6.37. The molecule has 0 unspecified atom stereocenters. The fourth-order valence-electron chi connectivity index (χ4n) is 3.12. The number of aromatic amines is 1. The van der Waals surface area contributed by atoms with Gasteiger partial charge in [-0.25, -0.2) is 0 Å². The van der Waals surface area contributed by atoms with Crippen molar-refractivity contribution in [3.63, 3.8) is 0 Å². The number of hydrogen-bond acceptors (Lipinski definition) is 2. The van der Waals surface area contributed by atoms with Crippen molar-refractivity contribution in [3.8, 4) is 22.8 Å². The summed E-state index contributed by atoms with van der Waals surface area (Å²) in [6.45, 7) is 0. The van der Waals surface area contributed by atoms with E-state index in [0.717, 1.165) is 27.8 Å². The highest BCUT2D eigenvalue weighted by atomic mass is 35.5. The van der Waals surface area contributed by atoms with Crippen molar-refractivity contribution >= 4 is 22.5 Å². The van der Waals surface area contributed by atoms with Crippen LogP contribution in [0.25, 0.3) is 33.7 Å². The molecule has 0 saturated carbocycles. The maximum atomic E-state index is 6.05. The topological polar surface area (TPSA) is 50.4 Å². The van der Waals surface area contributed by atoms with Crippen molar-refractivity contribution in [2.45, 2.75) is 0 Å². The third-order valence-electron chi connectivity index (χ3n) is 4.43. The van der Waals surface area contributed by atoms with Gasteiger partial charge in [-0.2, -0.15) is 0 Å². The minimum atomic E-state index is 0.645. The molecule has 27 heavy (non-hydrogen) atoms. The first-order chi connectivity index (χ1) is 13.3. The molecule has 0 bridgehead atoms. The summed E-state index contributed by atoms with van der Waals surface area (Å²) in [4.78, 5) is 6.86. The first-order valence-corrected chi connectivity index (χ1v) is 8.95. The number of nitrogens with zero attached hydrogens (tertiary/aromatic N) is 4. The molecule has 0 saturated heterocycles. The Morgan fingerprint density at radius 3 is 2.41 bits per heavy atom. The number of para-hydroxylation sites is 2. The molecular weight excluding hydrogens is 358 g/mol. The number of benzene rings is 3. The molecule has 5 rings (SSSR count). The van der Waals surface area contributed by atoms with E-state index in [0.29, 0.717) is 10.8 Å². The van der Waals surface area contributed by atoms with E-state index in [2.05, 4.69) is 11.1 Å². The summed E-state index contributed by atoms with van der Waals surface area (Å²) >= 11 is 6.05. The first kappa shape index (κ1) is 15.8. The molecule has 2 heterocycles. The molecule has 0 radical (unpaired) electrons. The Kier molecular flexibility index (Phi) is 3.73. The van der Waals surface area contributed by atoms with Gasteiger partial charge in [0.2, 0.25) is 0 Å². The molecule has 0 amide bonds. The van der Waals surface area contributed by atoms with Crippen molar-refractivity contribution in [3.05, 3.63) is 90.1 Å². The highest BCUT2D eigenvalue weighted by Crippen LogP contribution is 2.25. The van der Waals surface area contributed by atoms with Crippen LogP contribution in [0.5, 0.6) is 0 Å². The maximum Gasteiger partial charge on any atom is 0.342 e. The van der Waals surface area contributed by atoms with E-state index < -0.39 is 0 Å². The van der Waals surface area contributed by atoms with Crippen LogP contribution in [0.4, 0.5) is 0 Å². The molecule has 0 aliphatic carbocycles. The number of hydrogen-bond donors (Lipinski definition) is 1. The lowest BCUT2D eigenvalue weighted by Gasteiger charge is -1.99. The molecule has 6 heteroatoms. The number of rotatable bonds is 3. The van der Waals surface area contributed by atoms with Crippen LogP contribution in [-0.2, 0) is 0 Å². The zero-order chi connectivity index (χ0) is 18.2. The number of aromatic nitrogens is 5. The molecule has 0 spiro atoms. The van der Waals surface area contributed by atoms with Crippen molar-refractivity contribution in [1.82, 2.24) is 20.0 Å². The molecule has 0 aliphatic rings. The summed E-state index contributed by atoms with van der Waals surface area (Å²) < 4.78 is 0. The molecule has 0 atom stereocenters. The summed E-state index contributed by atoms with van der Waals surface area (Å²) in [6, 6.07) is 25.6. The van der Waals surface area contributed by atoms with Gasteiger partial charge in [0.15, 0.2) is 5.69 Å². The molecule has 0 aliphatic heterocycles. The average molecular weight is 373 g/mol. The lowest BCUT2D eigenvalue weighted by Crippen LogP contribution is -2.43. The summed E-state index contributed by atoms with van der Waals surface area (Å²) in [5.41, 5.74) is 3.82. The van der Waals surface area contributed by atoms with Crippen molar-refractivity contribution in [2.24, 2.45) is 0 Å². The van der Waals surface area contributed by atoms with Gasteiger partial charge in [-0.3, -0.25) is 0 Å². The third-order valence-corrected chi connectivity index (χ3v) is 4.69. The zero-order valence-corrected chi connectivity index (χ0v) is 15.0. The van der Waals surface area contributed by atoms with E-state index in [1.165, 1.54) is 0 Å². The van der Waals surface area contributed by atoms with Gasteiger partial charge in [0.1, 0.15) is 5.69 Å². The Morgan fingerprint density at radius 1 is 0.852 bits per heavy atom. The quantitative estimate of drug-likeness (QED) is 0.479. The molecule has 2 aromatic heterocycles. The van der Waals surface area contributed by atoms with Gasteiger partial charge >= 0.3 is 5.82 Å². The predicted molar refractivity (Wildman–Crippen MR) is 105 cm³/mol. The number of nitrogens with one attached hydrogen (secondary N) is 1. The molecule has 3 aromatic carbocycles. The minimum absolute atomic E-state index is 0.645. The summed E-state index contributed by atoms with van der Waals surface area (Å²) in [7, 11) is 0. The van der Waals surface area contributed by atoms with Gasteiger partial charge in [0, 0.05) is 26.9 Å². The number of H-pyrrole nitrogens is 1. The normalized spacial score (nSPS) is 11.1. The number of tetrazole rings is 1. The molecule has 5 aromatic rings. The molecule has 0 fully saturated rings. The lowest BCUT2D eigenvalue weighted by molar-refractivity contribution is -0.734. The third kappa shape index (κ3) is 2.78. The Morgan fingerprint density at radius 2 is 1.59 bits per heavy atom. The van der Waals surface area contributed by atoms with E-state index in [9.17, 15) is 0 Å². The zero-order valence-electron chi connectivity index (χ0n) is 14.2. The van der Waals surface area contributed by atoms with Crippen molar-refractivity contribution < 1.29 is 4.80 Å². The minimum Gasteiger partial charge on any atom is -0.360 e. The fraction of sp³-hybridized carbons (Fsp3) is 0. The van der Waals surface area contributed by atoms with Gasteiger partial charge in [0.05, 0.1) is 10.7 Å². The van der Waals surface area contributed by atoms with Crippen LogP contribution in [0.15, 0.2) is 85.1 Å². The highest BCUT2D eigenvalue weighted by Gasteiger charge is 2.25. The molecule has 1 N–H and O–H groups in total. The predicted octanol–water partition coefficient (Wildman–Crippen LogP) is 4.35. The SMILES string of the molecule is Clc1ccc(-[n+]2nc(-c3c[nH]c4ccccc34)nn2-c2ccccc2)cc1. The van der Waals surface area contributed by atoms with E-state index >= 15 is 0 Å². The van der Waals surface area contributed by atoms with Crippen LogP contribution in [-0.4, -0.2) is 20.0 Å². The number of halogens is 1. The summed E-state index contributed by atoms with van der Waals surface area (Å²) in [6.07, 6.45) is 1.95. The van der Waals surface area contributed by atoms with Gasteiger partial charge in [0.25, 0.3) is 0 Å². The first-order valence-electron chi connectivity index (χ1n) is 8.57. The Hall–Kier alpha value is -3.44. The second-order valence-corrected chi connectivity index (χ2v) is 6.60. The van der Waals surface area contributed by atoms with Crippen LogP contribution in [0.1, 0.15) is 0 Å². The van der Waals surface area contributed by atoms with Crippen LogP contribution < -0.4 is 4.80 Å². The Labute approximate surface area is 160 Å². The number of fused-ring (bicyclic) bond motifs is 1. The Balaban J connectivity index is 1.73. The highest BCUT2D eigenvalue weighted by molar-refractivity contribution is 6.30. The van der Waals surface area contributed by atoms with Gasteiger partial charge in [-0.1, -0.05) is 48.0 Å². The van der Waals surface area contributed by atoms with E-state index in [4.69, 9.17) is 21.8 Å². The van der Waals surface area contributed by atoms with Crippen molar-refractivity contribution in [1.29, 1.82) is 0 Å². The largest absolute Gasteiger partial charge is 0.360 e. The van der Waals surface area contributed by atoms with Crippen molar-refractivity contribution in [2.75, 3.05) is 0 Å². The maximum absolute atomic E-state index is 6.05. The fourth-order valence-corrected chi connectivity index (χ4v) is 3.24. The molecule has 130 valence electrons. The van der Waals surface area contributed by atoms with Gasteiger partial charge in [-0.05, 0) is 52.4 Å². The standard InChI is InChI=1S/C21H15ClN5/c22-15-10-12-17(13-11-15)27-25-21(24-26(27)16-6-2-1-3-7-16)19-14-23-20-9-5-4-8-18(19)20/h1-14,23H/q+1. The average Bonchev–Trinajstić information content (AvgIpc) is 3.33. The van der Waals surface area contributed by atoms with E-state index in [-0.39, 0.29) is 0 Å².